The maximum absolute atomic E-state index is 12.3. The molecule has 1 fully saturated rings. The molecule has 1 heterocycles. The third-order valence-corrected chi connectivity index (χ3v) is 4.13. The second-order valence-electron chi connectivity index (χ2n) is 5.52. The van der Waals surface area contributed by atoms with Gasteiger partial charge in [0.15, 0.2) is 5.60 Å². The van der Waals surface area contributed by atoms with Crippen LogP contribution in [0.15, 0.2) is 24.3 Å². The van der Waals surface area contributed by atoms with Crippen LogP contribution >= 0.6 is 11.6 Å². The van der Waals surface area contributed by atoms with Gasteiger partial charge in [-0.15, -0.1) is 0 Å². The molecular weight excluding hydrogens is 250 g/mol. The van der Waals surface area contributed by atoms with Crippen LogP contribution in [0.2, 0.25) is 5.02 Å². The highest BCUT2D eigenvalue weighted by atomic mass is 35.5. The first-order valence-corrected chi connectivity index (χ1v) is 6.43. The number of β-lactam (4-membered cyclic amide) rings is 1. The van der Waals surface area contributed by atoms with Crippen LogP contribution in [0.3, 0.4) is 0 Å². The van der Waals surface area contributed by atoms with Crippen LogP contribution in [0.4, 0.5) is 0 Å². The van der Waals surface area contributed by atoms with Crippen LogP contribution in [0, 0.1) is 0 Å². The van der Waals surface area contributed by atoms with Crippen molar-refractivity contribution in [3.05, 3.63) is 34.9 Å². The van der Waals surface area contributed by atoms with Crippen LogP contribution in [-0.2, 0) is 10.4 Å². The Morgan fingerprint density at radius 2 is 1.83 bits per heavy atom. The van der Waals surface area contributed by atoms with E-state index in [1.54, 1.807) is 29.2 Å². The molecule has 0 saturated carbocycles. The van der Waals surface area contributed by atoms with Crippen molar-refractivity contribution in [2.45, 2.75) is 44.9 Å². The lowest BCUT2D eigenvalue weighted by molar-refractivity contribution is -0.221. The van der Waals surface area contributed by atoms with Gasteiger partial charge in [0.1, 0.15) is 0 Å². The molecule has 1 atom stereocenters. The van der Waals surface area contributed by atoms with E-state index < -0.39 is 11.1 Å². The predicted octanol–water partition coefficient (Wildman–Crippen LogP) is 2.56. The van der Waals surface area contributed by atoms with Gasteiger partial charge in [0.05, 0.1) is 5.54 Å². The molecule has 0 aromatic heterocycles. The Balaban J connectivity index is 2.52. The molecule has 18 heavy (non-hydrogen) atoms. The van der Waals surface area contributed by atoms with Crippen molar-refractivity contribution in [2.75, 3.05) is 0 Å². The number of likely N-dealkylation sites (tertiary alicyclic amines) is 1. The summed E-state index contributed by atoms with van der Waals surface area (Å²) >= 11 is 6.11. The molecule has 1 N–H and O–H groups in total. The molecule has 1 aromatic rings. The van der Waals surface area contributed by atoms with Gasteiger partial charge in [-0.1, -0.05) is 29.8 Å². The van der Waals surface area contributed by atoms with Gasteiger partial charge in [0.2, 0.25) is 0 Å². The van der Waals surface area contributed by atoms with Gasteiger partial charge >= 0.3 is 0 Å². The maximum Gasteiger partial charge on any atom is 0.262 e. The molecule has 4 heteroatoms. The zero-order chi connectivity index (χ0) is 13.7. The fourth-order valence-corrected chi connectivity index (χ4v) is 3.16. The van der Waals surface area contributed by atoms with Gasteiger partial charge in [-0.05, 0) is 33.8 Å². The van der Waals surface area contributed by atoms with Crippen LogP contribution in [0.25, 0.3) is 0 Å². The smallest absolute Gasteiger partial charge is 0.262 e. The van der Waals surface area contributed by atoms with Crippen LogP contribution in [-0.4, -0.2) is 27.5 Å². The van der Waals surface area contributed by atoms with Crippen molar-refractivity contribution in [1.82, 2.24) is 4.90 Å². The Bertz CT molecular complexity index is 498. The van der Waals surface area contributed by atoms with Gasteiger partial charge in [-0.25, -0.2) is 0 Å². The largest absolute Gasteiger partial charge is 0.373 e. The van der Waals surface area contributed by atoms with Crippen molar-refractivity contribution in [3.63, 3.8) is 0 Å². The van der Waals surface area contributed by atoms with E-state index >= 15 is 0 Å². The number of halogens is 1. The second kappa shape index (κ2) is 3.97. The van der Waals surface area contributed by atoms with E-state index in [-0.39, 0.29) is 11.9 Å². The number of hydrogen-bond donors (Lipinski definition) is 1. The summed E-state index contributed by atoms with van der Waals surface area (Å²) in [6, 6.07) is 7.01. The number of carbonyl (C=O) groups is 1. The minimum absolute atomic E-state index is 0.0512. The topological polar surface area (TPSA) is 40.5 Å². The average molecular weight is 268 g/mol. The van der Waals surface area contributed by atoms with Crippen molar-refractivity contribution >= 4 is 17.5 Å². The van der Waals surface area contributed by atoms with Gasteiger partial charge in [-0.2, -0.15) is 0 Å². The highest BCUT2D eigenvalue weighted by molar-refractivity contribution is 6.31. The molecule has 0 bridgehead atoms. The lowest BCUT2D eigenvalue weighted by atomic mass is 9.66. The molecule has 1 unspecified atom stereocenters. The number of aliphatic hydroxyl groups is 1. The normalized spacial score (nSPS) is 26.4. The molecule has 2 rings (SSSR count). The van der Waals surface area contributed by atoms with Crippen molar-refractivity contribution < 1.29 is 9.90 Å². The summed E-state index contributed by atoms with van der Waals surface area (Å²) in [4.78, 5) is 14.0. The van der Waals surface area contributed by atoms with Crippen molar-refractivity contribution in [2.24, 2.45) is 0 Å². The predicted molar refractivity (Wildman–Crippen MR) is 71.4 cm³/mol. The SMILES string of the molecule is CC(C)N1C(=O)C(O)(c2ccccc2Cl)C1(C)C. The van der Waals surface area contributed by atoms with E-state index in [2.05, 4.69) is 0 Å². The first-order valence-electron chi connectivity index (χ1n) is 6.05. The summed E-state index contributed by atoms with van der Waals surface area (Å²) in [6.07, 6.45) is 0. The van der Waals surface area contributed by atoms with Gasteiger partial charge in [0.25, 0.3) is 5.91 Å². The second-order valence-corrected chi connectivity index (χ2v) is 5.93. The van der Waals surface area contributed by atoms with Crippen LogP contribution in [0.1, 0.15) is 33.3 Å². The molecule has 0 spiro atoms. The zero-order valence-corrected chi connectivity index (χ0v) is 11.8. The van der Waals surface area contributed by atoms with E-state index in [1.165, 1.54) is 0 Å². The molecule has 1 aromatic carbocycles. The van der Waals surface area contributed by atoms with E-state index in [9.17, 15) is 9.90 Å². The molecule has 98 valence electrons. The third kappa shape index (κ3) is 1.44. The summed E-state index contributed by atoms with van der Waals surface area (Å²) in [7, 11) is 0. The molecule has 3 nitrogen and oxygen atoms in total. The van der Waals surface area contributed by atoms with Gasteiger partial charge < -0.3 is 10.0 Å². The number of hydrogen-bond acceptors (Lipinski definition) is 2. The van der Waals surface area contributed by atoms with Gasteiger partial charge in [0, 0.05) is 16.6 Å². The number of rotatable bonds is 2. The first-order chi connectivity index (χ1) is 8.24. The molecular formula is C14H18ClNO2. The fourth-order valence-electron chi connectivity index (χ4n) is 2.89. The summed E-state index contributed by atoms with van der Waals surface area (Å²) < 4.78 is 0. The van der Waals surface area contributed by atoms with E-state index in [0.29, 0.717) is 10.6 Å². The first kappa shape index (κ1) is 13.4. The lowest BCUT2D eigenvalue weighted by Crippen LogP contribution is -2.79. The molecule has 1 saturated heterocycles. The summed E-state index contributed by atoms with van der Waals surface area (Å²) in [6.45, 7) is 7.59. The highest BCUT2D eigenvalue weighted by Crippen LogP contribution is 2.50. The lowest BCUT2D eigenvalue weighted by Gasteiger charge is -2.61. The van der Waals surface area contributed by atoms with Crippen molar-refractivity contribution in [1.29, 1.82) is 0 Å². The number of carbonyl (C=O) groups excluding carboxylic acids is 1. The number of benzene rings is 1. The van der Waals surface area contributed by atoms with E-state index in [0.717, 1.165) is 0 Å². The minimum Gasteiger partial charge on any atom is -0.373 e. The standard InChI is InChI=1S/C14H18ClNO2/c1-9(2)16-12(17)14(18,13(16,3)4)10-7-5-6-8-11(10)15/h5-9,18H,1-4H3. The fraction of sp³-hybridized carbons (Fsp3) is 0.500. The third-order valence-electron chi connectivity index (χ3n) is 3.80. The number of nitrogens with zero attached hydrogens (tertiary/aromatic N) is 1. The van der Waals surface area contributed by atoms with Crippen LogP contribution in [0.5, 0.6) is 0 Å². The zero-order valence-electron chi connectivity index (χ0n) is 11.1. The summed E-state index contributed by atoms with van der Waals surface area (Å²) in [5.41, 5.74) is -1.71. The number of amides is 1. The Morgan fingerprint density at radius 1 is 1.28 bits per heavy atom. The Morgan fingerprint density at radius 3 is 2.28 bits per heavy atom. The average Bonchev–Trinajstić information content (AvgIpc) is 2.27. The van der Waals surface area contributed by atoms with E-state index in [1.807, 2.05) is 27.7 Å². The summed E-state index contributed by atoms with van der Waals surface area (Å²) in [5.74, 6) is -0.282. The van der Waals surface area contributed by atoms with Crippen molar-refractivity contribution in [3.8, 4) is 0 Å². The Hall–Kier alpha value is -1.06. The quantitative estimate of drug-likeness (QED) is 0.837. The van der Waals surface area contributed by atoms with E-state index in [4.69, 9.17) is 11.6 Å². The molecule has 1 aliphatic heterocycles. The minimum atomic E-state index is -1.53. The Labute approximate surface area is 112 Å². The summed E-state index contributed by atoms with van der Waals surface area (Å²) in [5, 5.41) is 11.2. The van der Waals surface area contributed by atoms with Gasteiger partial charge in [-0.3, -0.25) is 4.79 Å². The molecule has 1 amide bonds. The maximum atomic E-state index is 12.3. The highest BCUT2D eigenvalue weighted by Gasteiger charge is 2.67. The molecule has 0 aliphatic carbocycles. The molecule has 1 aliphatic rings. The monoisotopic (exact) mass is 267 g/mol. The molecule has 0 radical (unpaired) electrons. The Kier molecular flexibility index (Phi) is 2.95. The van der Waals surface area contributed by atoms with Crippen LogP contribution < -0.4 is 0 Å².